The Balaban J connectivity index is 1.44. The second kappa shape index (κ2) is 10.0. The summed E-state index contributed by atoms with van der Waals surface area (Å²) in [7, 11) is 0. The van der Waals surface area contributed by atoms with Crippen molar-refractivity contribution >= 4 is 17.7 Å². The Morgan fingerprint density at radius 1 is 1.03 bits per heavy atom. The highest BCUT2D eigenvalue weighted by molar-refractivity contribution is 8.00. The standard InChI is InChI=1S/C22H22N6O2S/c1-17(31-22-26-25-20(30-22)14-28-16-23-15-24-28)21(29)27(12-18-8-4-2-5-9-18)13-19-10-6-3-7-11-19/h2-11,15-17H,12-14H2,1H3. The van der Waals surface area contributed by atoms with Crippen molar-refractivity contribution in [1.82, 2.24) is 29.9 Å². The Labute approximate surface area is 184 Å². The van der Waals surface area contributed by atoms with Crippen LogP contribution in [-0.2, 0) is 24.4 Å². The van der Waals surface area contributed by atoms with Gasteiger partial charge in [0.25, 0.3) is 5.22 Å². The van der Waals surface area contributed by atoms with Crippen LogP contribution in [0.2, 0.25) is 0 Å². The number of carbonyl (C=O) groups excluding carboxylic acids is 1. The fraction of sp³-hybridized carbons (Fsp3) is 0.227. The van der Waals surface area contributed by atoms with Gasteiger partial charge in [0.1, 0.15) is 19.2 Å². The maximum atomic E-state index is 13.3. The van der Waals surface area contributed by atoms with Gasteiger partial charge >= 0.3 is 0 Å². The molecule has 1 amide bonds. The van der Waals surface area contributed by atoms with Crippen LogP contribution in [0.5, 0.6) is 0 Å². The summed E-state index contributed by atoms with van der Waals surface area (Å²) >= 11 is 1.26. The van der Waals surface area contributed by atoms with Crippen molar-refractivity contribution < 1.29 is 9.21 Å². The lowest BCUT2D eigenvalue weighted by molar-refractivity contribution is -0.131. The first-order valence-corrected chi connectivity index (χ1v) is 10.7. The van der Waals surface area contributed by atoms with Gasteiger partial charge in [0, 0.05) is 13.1 Å². The van der Waals surface area contributed by atoms with Crippen LogP contribution in [0.1, 0.15) is 23.9 Å². The molecule has 8 nitrogen and oxygen atoms in total. The fourth-order valence-electron chi connectivity index (χ4n) is 3.08. The lowest BCUT2D eigenvalue weighted by atomic mass is 10.1. The molecule has 0 saturated heterocycles. The highest BCUT2D eigenvalue weighted by atomic mass is 32.2. The lowest BCUT2D eigenvalue weighted by Gasteiger charge is -2.25. The molecule has 0 radical (unpaired) electrons. The SMILES string of the molecule is CC(Sc1nnc(Cn2cncn2)o1)C(=O)N(Cc1ccccc1)Cc1ccccc1. The first kappa shape index (κ1) is 20.8. The van der Waals surface area contributed by atoms with Gasteiger partial charge in [0.15, 0.2) is 0 Å². The lowest BCUT2D eigenvalue weighted by Crippen LogP contribution is -2.35. The summed E-state index contributed by atoms with van der Waals surface area (Å²) in [5.74, 6) is 0.423. The van der Waals surface area contributed by atoms with Crippen molar-refractivity contribution in [2.75, 3.05) is 0 Å². The van der Waals surface area contributed by atoms with Gasteiger partial charge in [-0.2, -0.15) is 5.10 Å². The number of benzene rings is 2. The Hall–Kier alpha value is -3.46. The number of thioether (sulfide) groups is 1. The maximum absolute atomic E-state index is 13.3. The van der Waals surface area contributed by atoms with Crippen molar-refractivity contribution in [3.63, 3.8) is 0 Å². The number of rotatable bonds is 9. The Bertz CT molecular complexity index is 1040. The van der Waals surface area contributed by atoms with Crippen LogP contribution in [0, 0.1) is 0 Å². The third kappa shape index (κ3) is 5.79. The molecule has 1 unspecified atom stereocenters. The first-order chi connectivity index (χ1) is 15.2. The Kier molecular flexibility index (Phi) is 6.73. The predicted octanol–water partition coefficient (Wildman–Crippen LogP) is 3.42. The number of amides is 1. The Morgan fingerprint density at radius 3 is 2.26 bits per heavy atom. The number of nitrogens with zero attached hydrogens (tertiary/aromatic N) is 6. The minimum atomic E-state index is -0.382. The van der Waals surface area contributed by atoms with E-state index in [2.05, 4.69) is 20.3 Å². The zero-order chi connectivity index (χ0) is 21.5. The summed E-state index contributed by atoms with van der Waals surface area (Å²) in [4.78, 5) is 19.1. The quantitative estimate of drug-likeness (QED) is 0.373. The van der Waals surface area contributed by atoms with Gasteiger partial charge in [-0.3, -0.25) is 4.79 Å². The van der Waals surface area contributed by atoms with Gasteiger partial charge in [-0.1, -0.05) is 72.4 Å². The third-order valence-electron chi connectivity index (χ3n) is 4.58. The molecule has 0 aliphatic carbocycles. The van der Waals surface area contributed by atoms with E-state index in [0.29, 0.717) is 30.7 Å². The molecule has 0 aliphatic rings. The van der Waals surface area contributed by atoms with Gasteiger partial charge < -0.3 is 9.32 Å². The molecule has 2 aromatic carbocycles. The summed E-state index contributed by atoms with van der Waals surface area (Å²) in [6, 6.07) is 20.0. The van der Waals surface area contributed by atoms with E-state index in [0.717, 1.165) is 11.1 Å². The molecule has 1 atom stereocenters. The van der Waals surface area contributed by atoms with E-state index in [1.165, 1.54) is 18.1 Å². The average molecular weight is 435 g/mol. The van der Waals surface area contributed by atoms with Crippen LogP contribution in [-0.4, -0.2) is 41.0 Å². The molecule has 2 heterocycles. The van der Waals surface area contributed by atoms with Gasteiger partial charge in [-0.15, -0.1) is 10.2 Å². The number of hydrogen-bond donors (Lipinski definition) is 0. The van der Waals surface area contributed by atoms with E-state index in [1.807, 2.05) is 72.5 Å². The molecule has 31 heavy (non-hydrogen) atoms. The molecule has 0 spiro atoms. The second-order valence-electron chi connectivity index (χ2n) is 6.98. The molecule has 0 saturated carbocycles. The maximum Gasteiger partial charge on any atom is 0.277 e. The van der Waals surface area contributed by atoms with Crippen molar-refractivity contribution in [2.24, 2.45) is 0 Å². The van der Waals surface area contributed by atoms with E-state index in [-0.39, 0.29) is 11.2 Å². The van der Waals surface area contributed by atoms with Gasteiger partial charge in [0.2, 0.25) is 11.8 Å². The van der Waals surface area contributed by atoms with Crippen LogP contribution < -0.4 is 0 Å². The minimum absolute atomic E-state index is 0.00809. The zero-order valence-electron chi connectivity index (χ0n) is 17.0. The summed E-state index contributed by atoms with van der Waals surface area (Å²) in [5, 5.41) is 12.1. The minimum Gasteiger partial charge on any atom is -0.414 e. The molecule has 4 aromatic rings. The highest BCUT2D eigenvalue weighted by Gasteiger charge is 2.24. The van der Waals surface area contributed by atoms with Crippen LogP contribution >= 0.6 is 11.8 Å². The summed E-state index contributed by atoms with van der Waals surface area (Å²) < 4.78 is 7.27. The van der Waals surface area contributed by atoms with E-state index in [4.69, 9.17) is 4.42 Å². The van der Waals surface area contributed by atoms with Crippen LogP contribution in [0.3, 0.4) is 0 Å². The average Bonchev–Trinajstić information content (AvgIpc) is 3.47. The molecule has 0 bridgehead atoms. The predicted molar refractivity (Wildman–Crippen MR) is 116 cm³/mol. The van der Waals surface area contributed by atoms with Gasteiger partial charge in [-0.25, -0.2) is 9.67 Å². The fourth-order valence-corrected chi connectivity index (χ4v) is 3.87. The van der Waals surface area contributed by atoms with E-state index < -0.39 is 0 Å². The van der Waals surface area contributed by atoms with E-state index in [9.17, 15) is 4.79 Å². The van der Waals surface area contributed by atoms with Crippen LogP contribution in [0.15, 0.2) is 83.0 Å². The molecule has 0 fully saturated rings. The van der Waals surface area contributed by atoms with E-state index >= 15 is 0 Å². The molecule has 158 valence electrons. The molecular weight excluding hydrogens is 412 g/mol. The Morgan fingerprint density at radius 2 is 1.68 bits per heavy atom. The normalized spacial score (nSPS) is 11.9. The second-order valence-corrected chi connectivity index (χ2v) is 8.27. The topological polar surface area (TPSA) is 89.9 Å². The first-order valence-electron chi connectivity index (χ1n) is 9.85. The van der Waals surface area contributed by atoms with Crippen LogP contribution in [0.4, 0.5) is 0 Å². The summed E-state index contributed by atoms with van der Waals surface area (Å²) in [6.07, 6.45) is 3.02. The molecule has 0 N–H and O–H groups in total. The van der Waals surface area contributed by atoms with E-state index in [1.54, 1.807) is 11.0 Å². The molecule has 4 rings (SSSR count). The monoisotopic (exact) mass is 434 g/mol. The number of hydrogen-bond acceptors (Lipinski definition) is 7. The molecule has 0 aliphatic heterocycles. The van der Waals surface area contributed by atoms with Gasteiger partial charge in [-0.05, 0) is 18.1 Å². The van der Waals surface area contributed by atoms with Crippen molar-refractivity contribution in [3.8, 4) is 0 Å². The smallest absolute Gasteiger partial charge is 0.277 e. The summed E-state index contributed by atoms with van der Waals surface area (Å²) in [6.45, 7) is 3.25. The highest BCUT2D eigenvalue weighted by Crippen LogP contribution is 2.25. The zero-order valence-corrected chi connectivity index (χ0v) is 17.9. The molecule has 2 aromatic heterocycles. The van der Waals surface area contributed by atoms with Gasteiger partial charge in [0.05, 0.1) is 5.25 Å². The van der Waals surface area contributed by atoms with Crippen LogP contribution in [0.25, 0.3) is 0 Å². The third-order valence-corrected chi connectivity index (χ3v) is 5.50. The number of carbonyl (C=O) groups is 1. The van der Waals surface area contributed by atoms with Crippen molar-refractivity contribution in [2.45, 2.75) is 37.0 Å². The van der Waals surface area contributed by atoms with Crippen molar-refractivity contribution in [3.05, 3.63) is 90.3 Å². The summed E-state index contributed by atoms with van der Waals surface area (Å²) in [5.41, 5.74) is 2.16. The number of aromatic nitrogens is 5. The molecular formula is C22H22N6O2S. The molecule has 9 heteroatoms. The largest absolute Gasteiger partial charge is 0.414 e. The van der Waals surface area contributed by atoms with Crippen molar-refractivity contribution in [1.29, 1.82) is 0 Å².